The summed E-state index contributed by atoms with van der Waals surface area (Å²) in [5, 5.41) is 3.00. The second-order valence-corrected chi connectivity index (χ2v) is 5.08. The van der Waals surface area contributed by atoms with Crippen LogP contribution in [0.3, 0.4) is 0 Å². The maximum Gasteiger partial charge on any atom is 0.237 e. The fourth-order valence-electron chi connectivity index (χ4n) is 2.39. The van der Waals surface area contributed by atoms with E-state index in [4.69, 9.17) is 5.73 Å². The van der Waals surface area contributed by atoms with Gasteiger partial charge in [-0.15, -0.1) is 12.4 Å². The van der Waals surface area contributed by atoms with E-state index >= 15 is 0 Å². The molecular weight excluding hydrogens is 250 g/mol. The molecule has 0 aromatic rings. The molecule has 0 radical (unpaired) electrons. The van der Waals surface area contributed by atoms with E-state index in [1.165, 1.54) is 12.8 Å². The first kappa shape index (κ1) is 17.7. The van der Waals surface area contributed by atoms with Crippen molar-refractivity contribution in [3.8, 4) is 0 Å². The van der Waals surface area contributed by atoms with Crippen LogP contribution >= 0.6 is 12.4 Å². The number of hydrogen-bond donors (Lipinski definition) is 2. The monoisotopic (exact) mass is 277 g/mol. The molecule has 1 amide bonds. The Balaban J connectivity index is 0.00000289. The molecule has 108 valence electrons. The van der Waals surface area contributed by atoms with Crippen molar-refractivity contribution < 1.29 is 4.79 Å². The van der Waals surface area contributed by atoms with Gasteiger partial charge in [0.05, 0.1) is 6.04 Å². The maximum absolute atomic E-state index is 11.8. The molecule has 1 saturated heterocycles. The minimum atomic E-state index is -0.364. The fourth-order valence-corrected chi connectivity index (χ4v) is 2.39. The molecule has 4 nitrogen and oxygen atoms in total. The Morgan fingerprint density at radius 3 is 2.72 bits per heavy atom. The third-order valence-corrected chi connectivity index (χ3v) is 3.98. The average molecular weight is 278 g/mol. The zero-order valence-corrected chi connectivity index (χ0v) is 12.6. The quantitative estimate of drug-likeness (QED) is 0.771. The number of nitrogens with one attached hydrogen (secondary N) is 1. The Kier molecular flexibility index (Phi) is 8.57. The first-order valence-corrected chi connectivity index (χ1v) is 6.87. The van der Waals surface area contributed by atoms with Crippen molar-refractivity contribution in [2.45, 2.75) is 52.1 Å². The largest absolute Gasteiger partial charge is 0.353 e. The summed E-state index contributed by atoms with van der Waals surface area (Å²) in [5.74, 6) is 0.253. The highest BCUT2D eigenvalue weighted by Crippen LogP contribution is 2.15. The van der Waals surface area contributed by atoms with E-state index < -0.39 is 0 Å². The van der Waals surface area contributed by atoms with Crippen molar-refractivity contribution in [3.05, 3.63) is 0 Å². The lowest BCUT2D eigenvalue weighted by atomic mass is 9.99. The van der Waals surface area contributed by atoms with Gasteiger partial charge in [0, 0.05) is 12.6 Å². The predicted octanol–water partition coefficient (Wildman–Crippen LogP) is 1.38. The molecule has 18 heavy (non-hydrogen) atoms. The van der Waals surface area contributed by atoms with E-state index in [0.717, 1.165) is 26.1 Å². The van der Waals surface area contributed by atoms with Gasteiger partial charge in [0.1, 0.15) is 0 Å². The molecule has 0 saturated carbocycles. The highest BCUT2D eigenvalue weighted by molar-refractivity contribution is 5.85. The molecule has 0 aromatic heterocycles. The minimum absolute atomic E-state index is 0. The van der Waals surface area contributed by atoms with Gasteiger partial charge in [0.25, 0.3) is 0 Å². The molecular formula is C13H28ClN3O. The third-order valence-electron chi connectivity index (χ3n) is 3.98. The molecule has 1 heterocycles. The fraction of sp³-hybridized carbons (Fsp3) is 0.923. The smallest absolute Gasteiger partial charge is 0.237 e. The number of likely N-dealkylation sites (N-methyl/N-ethyl adjacent to an activating group) is 1. The van der Waals surface area contributed by atoms with Gasteiger partial charge in [-0.2, -0.15) is 0 Å². The molecule has 1 rings (SSSR count). The molecule has 5 heteroatoms. The van der Waals surface area contributed by atoms with Gasteiger partial charge < -0.3 is 11.1 Å². The predicted molar refractivity (Wildman–Crippen MR) is 78.0 cm³/mol. The van der Waals surface area contributed by atoms with Crippen LogP contribution in [0.1, 0.15) is 40.0 Å². The summed E-state index contributed by atoms with van der Waals surface area (Å²) in [6.07, 6.45) is 3.37. The second-order valence-electron chi connectivity index (χ2n) is 5.08. The molecule has 1 fully saturated rings. The second kappa shape index (κ2) is 8.73. The summed E-state index contributed by atoms with van der Waals surface area (Å²) in [6, 6.07) is 0.143. The summed E-state index contributed by atoms with van der Waals surface area (Å²) < 4.78 is 0. The van der Waals surface area contributed by atoms with Gasteiger partial charge in [-0.25, -0.2) is 0 Å². The van der Waals surface area contributed by atoms with Crippen molar-refractivity contribution >= 4 is 18.3 Å². The first-order chi connectivity index (χ1) is 8.10. The number of nitrogens with two attached hydrogens (primary N) is 1. The van der Waals surface area contributed by atoms with Crippen molar-refractivity contribution in [2.75, 3.05) is 19.6 Å². The molecule has 0 spiro atoms. The highest BCUT2D eigenvalue weighted by atomic mass is 35.5. The average Bonchev–Trinajstić information content (AvgIpc) is 2.81. The number of halogens is 1. The molecule has 1 aliphatic heterocycles. The molecule has 3 N–H and O–H groups in total. The van der Waals surface area contributed by atoms with Crippen LogP contribution in [0.25, 0.3) is 0 Å². The van der Waals surface area contributed by atoms with Crippen molar-refractivity contribution in [1.29, 1.82) is 0 Å². The van der Waals surface area contributed by atoms with E-state index in [0.29, 0.717) is 6.04 Å². The Labute approximate surface area is 117 Å². The lowest BCUT2D eigenvalue weighted by Crippen LogP contribution is -2.48. The lowest BCUT2D eigenvalue weighted by molar-refractivity contribution is -0.123. The third kappa shape index (κ3) is 4.75. The molecule has 0 aromatic carbocycles. The van der Waals surface area contributed by atoms with Crippen LogP contribution in [0.5, 0.6) is 0 Å². The van der Waals surface area contributed by atoms with Crippen molar-refractivity contribution in [1.82, 2.24) is 10.2 Å². The van der Waals surface area contributed by atoms with Crippen LogP contribution in [-0.2, 0) is 4.79 Å². The topological polar surface area (TPSA) is 58.4 Å². The summed E-state index contributed by atoms with van der Waals surface area (Å²) in [4.78, 5) is 14.3. The van der Waals surface area contributed by atoms with Crippen LogP contribution < -0.4 is 11.1 Å². The van der Waals surface area contributed by atoms with Gasteiger partial charge in [-0.05, 0) is 31.8 Å². The van der Waals surface area contributed by atoms with E-state index in [1.54, 1.807) is 0 Å². The lowest BCUT2D eigenvalue weighted by Gasteiger charge is -2.24. The Bertz CT molecular complexity index is 250. The van der Waals surface area contributed by atoms with Gasteiger partial charge >= 0.3 is 0 Å². The van der Waals surface area contributed by atoms with Crippen LogP contribution in [0, 0.1) is 5.92 Å². The zero-order valence-electron chi connectivity index (χ0n) is 11.8. The van der Waals surface area contributed by atoms with E-state index in [9.17, 15) is 4.79 Å². The number of rotatable bonds is 6. The normalized spacial score (nSPS) is 23.2. The van der Waals surface area contributed by atoms with Gasteiger partial charge in [0.2, 0.25) is 5.91 Å². The van der Waals surface area contributed by atoms with Gasteiger partial charge in [-0.1, -0.05) is 27.2 Å². The van der Waals surface area contributed by atoms with Crippen LogP contribution in [-0.4, -0.2) is 42.5 Å². The van der Waals surface area contributed by atoms with Crippen LogP contribution in [0.15, 0.2) is 0 Å². The SMILES string of the molecule is CCC(C)C(N)C(=O)NCC1CCCN1CC.Cl. The van der Waals surface area contributed by atoms with Crippen LogP contribution in [0.4, 0.5) is 0 Å². The Morgan fingerprint density at radius 2 is 2.17 bits per heavy atom. The standard InChI is InChI=1S/C13H27N3O.ClH/c1-4-10(3)12(14)13(17)15-9-11-7-6-8-16(11)5-2;/h10-12H,4-9,14H2,1-3H3,(H,15,17);1H. The van der Waals surface area contributed by atoms with Crippen molar-refractivity contribution in [2.24, 2.45) is 11.7 Å². The Morgan fingerprint density at radius 1 is 1.50 bits per heavy atom. The van der Waals surface area contributed by atoms with E-state index in [-0.39, 0.29) is 30.3 Å². The molecule has 0 bridgehead atoms. The van der Waals surface area contributed by atoms with E-state index in [2.05, 4.69) is 24.1 Å². The molecule has 1 aliphatic rings. The van der Waals surface area contributed by atoms with E-state index in [1.807, 2.05) is 6.92 Å². The van der Waals surface area contributed by atoms with Crippen LogP contribution in [0.2, 0.25) is 0 Å². The minimum Gasteiger partial charge on any atom is -0.353 e. The summed E-state index contributed by atoms with van der Waals surface area (Å²) >= 11 is 0. The number of nitrogens with zero attached hydrogens (tertiary/aromatic N) is 1. The molecule has 0 aliphatic carbocycles. The number of carbonyl (C=O) groups excluding carboxylic acids is 1. The zero-order chi connectivity index (χ0) is 12.8. The first-order valence-electron chi connectivity index (χ1n) is 6.87. The molecule has 3 atom stereocenters. The highest BCUT2D eigenvalue weighted by Gasteiger charge is 2.25. The summed E-state index contributed by atoms with van der Waals surface area (Å²) in [5.41, 5.74) is 5.90. The number of amides is 1. The van der Waals surface area contributed by atoms with Crippen molar-refractivity contribution in [3.63, 3.8) is 0 Å². The summed E-state index contributed by atoms with van der Waals surface area (Å²) in [7, 11) is 0. The van der Waals surface area contributed by atoms with Gasteiger partial charge in [-0.3, -0.25) is 9.69 Å². The maximum atomic E-state index is 11.8. The summed E-state index contributed by atoms with van der Waals surface area (Å²) in [6.45, 7) is 9.24. The number of hydrogen-bond acceptors (Lipinski definition) is 3. The van der Waals surface area contributed by atoms with Gasteiger partial charge in [0.15, 0.2) is 0 Å². The number of carbonyl (C=O) groups is 1. The molecule has 3 unspecified atom stereocenters. The number of likely N-dealkylation sites (tertiary alicyclic amines) is 1. The Hall–Kier alpha value is -0.320.